The Morgan fingerprint density at radius 1 is 0.867 bits per heavy atom. The average Bonchev–Trinajstić information content (AvgIpc) is 3.01. The zero-order valence-corrected chi connectivity index (χ0v) is 27.4. The van der Waals surface area contributed by atoms with Crippen LogP contribution in [-0.4, -0.2) is 50.9 Å². The third-order valence-corrected chi connectivity index (χ3v) is 9.20. The highest BCUT2D eigenvalue weighted by Crippen LogP contribution is 2.27. The summed E-state index contributed by atoms with van der Waals surface area (Å²) < 4.78 is 34.7. The molecule has 8 nitrogen and oxygen atoms in total. The summed E-state index contributed by atoms with van der Waals surface area (Å²) in [6.07, 6.45) is 0.219. The lowest BCUT2D eigenvalue weighted by atomic mass is 10.0. The fourth-order valence-electron chi connectivity index (χ4n) is 4.90. The van der Waals surface area contributed by atoms with Gasteiger partial charge in [-0.3, -0.25) is 13.9 Å². The predicted octanol–water partition coefficient (Wildman–Crippen LogP) is 6.02. The van der Waals surface area contributed by atoms with Gasteiger partial charge in [-0.2, -0.15) is 0 Å². The topological polar surface area (TPSA) is 96.0 Å². The second kappa shape index (κ2) is 15.1. The third-order valence-electron chi connectivity index (χ3n) is 7.17. The summed E-state index contributed by atoms with van der Waals surface area (Å²) in [7, 11) is -2.67. The number of hydrogen-bond acceptors (Lipinski definition) is 5. The van der Waals surface area contributed by atoms with E-state index in [1.807, 2.05) is 57.2 Å². The summed E-state index contributed by atoms with van der Waals surface area (Å²) in [5.41, 5.74) is 2.69. The van der Waals surface area contributed by atoms with Crippen molar-refractivity contribution in [2.24, 2.45) is 0 Å². The van der Waals surface area contributed by atoms with Crippen molar-refractivity contribution in [1.29, 1.82) is 0 Å². The number of amides is 2. The van der Waals surface area contributed by atoms with E-state index in [0.29, 0.717) is 16.3 Å². The van der Waals surface area contributed by atoms with Crippen LogP contribution in [0.25, 0.3) is 0 Å². The Kier molecular flexibility index (Phi) is 11.3. The summed E-state index contributed by atoms with van der Waals surface area (Å²) in [5, 5.41) is 3.27. The molecule has 4 aromatic rings. The van der Waals surface area contributed by atoms with E-state index in [2.05, 4.69) is 5.32 Å². The molecule has 0 heterocycles. The van der Waals surface area contributed by atoms with Crippen molar-refractivity contribution < 1.29 is 22.7 Å². The van der Waals surface area contributed by atoms with E-state index in [4.69, 9.17) is 16.3 Å². The molecule has 0 saturated heterocycles. The number of benzene rings is 4. The number of ether oxygens (including phenoxy) is 1. The summed E-state index contributed by atoms with van der Waals surface area (Å²) in [4.78, 5) is 29.8. The Hall–Kier alpha value is -4.34. The van der Waals surface area contributed by atoms with Crippen LogP contribution in [0.15, 0.2) is 108 Å². The Balaban J connectivity index is 1.82. The van der Waals surface area contributed by atoms with Crippen molar-refractivity contribution in [3.05, 3.63) is 125 Å². The molecular formula is C35H38ClN3O5S. The van der Waals surface area contributed by atoms with Crippen LogP contribution in [0.2, 0.25) is 5.02 Å². The minimum absolute atomic E-state index is 0.0265. The lowest BCUT2D eigenvalue weighted by Crippen LogP contribution is -2.54. The van der Waals surface area contributed by atoms with Gasteiger partial charge in [0.25, 0.3) is 10.0 Å². The van der Waals surface area contributed by atoms with Crippen molar-refractivity contribution >= 4 is 39.1 Å². The molecule has 0 aliphatic heterocycles. The van der Waals surface area contributed by atoms with E-state index in [1.165, 1.54) is 23.1 Å². The molecule has 2 amide bonds. The van der Waals surface area contributed by atoms with E-state index < -0.39 is 28.5 Å². The van der Waals surface area contributed by atoms with Crippen LogP contribution < -0.4 is 14.4 Å². The molecule has 0 aliphatic carbocycles. The molecule has 0 saturated carbocycles. The normalized spacial score (nSPS) is 12.0. The number of hydrogen-bond donors (Lipinski definition) is 1. The second-order valence-corrected chi connectivity index (χ2v) is 13.3. The minimum atomic E-state index is -4.22. The van der Waals surface area contributed by atoms with Gasteiger partial charge < -0.3 is 15.0 Å². The molecule has 45 heavy (non-hydrogen) atoms. The third kappa shape index (κ3) is 8.86. The summed E-state index contributed by atoms with van der Waals surface area (Å²) >= 11 is 6.29. The lowest BCUT2D eigenvalue weighted by Gasteiger charge is -2.34. The SMILES string of the molecule is COc1cccc(CN(C(=O)CN(c2cccc(Cl)c2)S(=O)(=O)c2ccc(C)cc2)C(Cc2ccccc2)C(=O)NC(C)C)c1. The first-order valence-corrected chi connectivity index (χ1v) is 16.4. The Morgan fingerprint density at radius 3 is 2.18 bits per heavy atom. The second-order valence-electron chi connectivity index (χ2n) is 11.0. The summed E-state index contributed by atoms with van der Waals surface area (Å²) in [6, 6.07) is 28.3. The smallest absolute Gasteiger partial charge is 0.264 e. The van der Waals surface area contributed by atoms with Crippen LogP contribution in [0.3, 0.4) is 0 Å². The van der Waals surface area contributed by atoms with Crippen molar-refractivity contribution in [3.63, 3.8) is 0 Å². The van der Waals surface area contributed by atoms with Crippen LogP contribution in [0.1, 0.15) is 30.5 Å². The zero-order chi connectivity index (χ0) is 32.6. The maximum Gasteiger partial charge on any atom is 0.264 e. The van der Waals surface area contributed by atoms with Gasteiger partial charge in [-0.1, -0.05) is 77.8 Å². The quantitative estimate of drug-likeness (QED) is 0.192. The maximum atomic E-state index is 14.5. The molecule has 236 valence electrons. The molecule has 0 bridgehead atoms. The molecule has 0 fully saturated rings. The van der Waals surface area contributed by atoms with Crippen LogP contribution in [0.4, 0.5) is 5.69 Å². The molecule has 1 atom stereocenters. The molecule has 10 heteroatoms. The number of sulfonamides is 1. The minimum Gasteiger partial charge on any atom is -0.497 e. The molecule has 1 N–H and O–H groups in total. The molecule has 0 aliphatic rings. The van der Waals surface area contributed by atoms with Gasteiger partial charge in [-0.25, -0.2) is 8.42 Å². The van der Waals surface area contributed by atoms with Gasteiger partial charge >= 0.3 is 0 Å². The van der Waals surface area contributed by atoms with Crippen LogP contribution >= 0.6 is 11.6 Å². The first-order valence-electron chi connectivity index (χ1n) is 14.6. The van der Waals surface area contributed by atoms with Crippen LogP contribution in [-0.2, 0) is 32.6 Å². The van der Waals surface area contributed by atoms with E-state index in [9.17, 15) is 18.0 Å². The number of aryl methyl sites for hydroxylation is 1. The van der Waals surface area contributed by atoms with Gasteiger partial charge in [0.15, 0.2) is 0 Å². The summed E-state index contributed by atoms with van der Waals surface area (Å²) in [6.45, 7) is 5.02. The fraction of sp³-hybridized carbons (Fsp3) is 0.257. The predicted molar refractivity (Wildman–Crippen MR) is 178 cm³/mol. The van der Waals surface area contributed by atoms with E-state index in [0.717, 1.165) is 15.4 Å². The summed E-state index contributed by atoms with van der Waals surface area (Å²) in [5.74, 6) is -0.317. The van der Waals surface area contributed by atoms with Gasteiger partial charge in [-0.05, 0) is 74.4 Å². The number of nitrogens with one attached hydrogen (secondary N) is 1. The number of carbonyl (C=O) groups is 2. The number of nitrogens with zero attached hydrogens (tertiary/aromatic N) is 2. The first kappa shape index (κ1) is 33.6. The van der Waals surface area contributed by atoms with Crippen LogP contribution in [0.5, 0.6) is 5.75 Å². The monoisotopic (exact) mass is 647 g/mol. The van der Waals surface area contributed by atoms with Gasteiger partial charge in [0.2, 0.25) is 11.8 Å². The number of anilines is 1. The van der Waals surface area contributed by atoms with Crippen molar-refractivity contribution in [2.45, 2.75) is 50.7 Å². The standard InChI is InChI=1S/C35H38ClN3O5S/c1-25(2)37-35(41)33(21-27-10-6-5-7-11-27)38(23-28-12-8-15-31(20-28)44-4)34(40)24-39(30-14-9-13-29(36)22-30)45(42,43)32-18-16-26(3)17-19-32/h5-20,22,25,33H,21,23-24H2,1-4H3,(H,37,41). The number of halogens is 1. The van der Waals surface area contributed by atoms with Gasteiger partial charge in [0.1, 0.15) is 18.3 Å². The van der Waals surface area contributed by atoms with E-state index >= 15 is 0 Å². The molecule has 0 radical (unpaired) electrons. The van der Waals surface area contributed by atoms with Gasteiger partial charge in [-0.15, -0.1) is 0 Å². The highest BCUT2D eigenvalue weighted by Gasteiger charge is 2.35. The molecule has 0 aromatic heterocycles. The van der Waals surface area contributed by atoms with Crippen LogP contribution in [0, 0.1) is 6.92 Å². The lowest BCUT2D eigenvalue weighted by molar-refractivity contribution is -0.140. The molecule has 0 spiro atoms. The van der Waals surface area contributed by atoms with Crippen molar-refractivity contribution in [3.8, 4) is 5.75 Å². The first-order chi connectivity index (χ1) is 21.5. The number of methoxy groups -OCH3 is 1. The van der Waals surface area contributed by atoms with Gasteiger partial charge in [0.05, 0.1) is 17.7 Å². The number of carbonyl (C=O) groups excluding carboxylic acids is 2. The Morgan fingerprint density at radius 2 is 1.53 bits per heavy atom. The van der Waals surface area contributed by atoms with E-state index in [-0.39, 0.29) is 35.5 Å². The Labute approximate surface area is 270 Å². The fourth-order valence-corrected chi connectivity index (χ4v) is 6.49. The molecule has 1 unspecified atom stereocenters. The van der Waals surface area contributed by atoms with Gasteiger partial charge in [0, 0.05) is 24.0 Å². The molecule has 4 aromatic carbocycles. The maximum absolute atomic E-state index is 14.5. The Bertz CT molecular complexity index is 1710. The van der Waals surface area contributed by atoms with Crippen molar-refractivity contribution in [2.75, 3.05) is 18.0 Å². The van der Waals surface area contributed by atoms with E-state index in [1.54, 1.807) is 55.6 Å². The largest absolute Gasteiger partial charge is 0.497 e. The highest BCUT2D eigenvalue weighted by molar-refractivity contribution is 7.92. The average molecular weight is 648 g/mol. The highest BCUT2D eigenvalue weighted by atomic mass is 35.5. The molecule has 4 rings (SSSR count). The molecular weight excluding hydrogens is 610 g/mol. The number of rotatable bonds is 13. The zero-order valence-electron chi connectivity index (χ0n) is 25.8. The van der Waals surface area contributed by atoms with Crippen molar-refractivity contribution in [1.82, 2.24) is 10.2 Å².